The van der Waals surface area contributed by atoms with Crippen LogP contribution in [0.4, 0.5) is 5.95 Å². The van der Waals surface area contributed by atoms with Gasteiger partial charge in [0, 0.05) is 55.1 Å². The molecule has 9 nitrogen and oxygen atoms in total. The number of ether oxygens (including phenoxy) is 1. The number of halogens is 2. The maximum Gasteiger partial charge on any atom is 0.236 e. The standard InChI is InChI=1S/C26H24Cl2N6O3S/c1-38(35,36)32-26-30-14-20-16-33(7-5-23(20)31-26)15-17-2-3-24-18(10-17)4-8-34(24)21-11-19(13-29)25(22(28)12-21)37-9-6-27/h2-4,8,10-12,14H,5-7,9,15-16H2,1H3,(H,30,31,32). The van der Waals surface area contributed by atoms with Crippen LogP contribution in [-0.4, -0.2) is 53.1 Å². The highest BCUT2D eigenvalue weighted by Crippen LogP contribution is 2.33. The highest BCUT2D eigenvalue weighted by atomic mass is 35.5. The molecule has 196 valence electrons. The lowest BCUT2D eigenvalue weighted by Crippen LogP contribution is -2.31. The number of hydrogen-bond donors (Lipinski definition) is 1. The van der Waals surface area contributed by atoms with Crippen molar-refractivity contribution in [2.45, 2.75) is 19.5 Å². The van der Waals surface area contributed by atoms with Gasteiger partial charge in [0.25, 0.3) is 0 Å². The van der Waals surface area contributed by atoms with Crippen LogP contribution in [0.15, 0.2) is 48.8 Å². The van der Waals surface area contributed by atoms with Crippen LogP contribution in [0.2, 0.25) is 5.02 Å². The monoisotopic (exact) mass is 570 g/mol. The molecular weight excluding hydrogens is 547 g/mol. The Hall–Kier alpha value is -3.36. The fraction of sp³-hybridized carbons (Fsp3) is 0.269. The smallest absolute Gasteiger partial charge is 0.236 e. The second kappa shape index (κ2) is 10.8. The average Bonchev–Trinajstić information content (AvgIpc) is 3.30. The molecule has 1 aliphatic rings. The number of aromatic nitrogens is 3. The van der Waals surface area contributed by atoms with Crippen LogP contribution in [0.5, 0.6) is 5.75 Å². The van der Waals surface area contributed by atoms with Gasteiger partial charge in [0.2, 0.25) is 16.0 Å². The van der Waals surface area contributed by atoms with Gasteiger partial charge in [0.1, 0.15) is 12.7 Å². The minimum atomic E-state index is -3.42. The molecule has 0 amide bonds. The average molecular weight is 571 g/mol. The van der Waals surface area contributed by atoms with E-state index in [1.165, 1.54) is 0 Å². The summed E-state index contributed by atoms with van der Waals surface area (Å²) in [4.78, 5) is 10.8. The van der Waals surface area contributed by atoms with E-state index in [0.29, 0.717) is 35.2 Å². The summed E-state index contributed by atoms with van der Waals surface area (Å²) in [5, 5.41) is 11.0. The molecule has 2 aromatic carbocycles. The topological polar surface area (TPSA) is 113 Å². The molecule has 0 unspecified atom stereocenters. The van der Waals surface area contributed by atoms with E-state index in [1.54, 1.807) is 18.3 Å². The highest BCUT2D eigenvalue weighted by molar-refractivity contribution is 7.91. The maximum absolute atomic E-state index is 11.5. The van der Waals surface area contributed by atoms with E-state index in [1.807, 2.05) is 16.8 Å². The van der Waals surface area contributed by atoms with E-state index in [2.05, 4.69) is 43.9 Å². The van der Waals surface area contributed by atoms with E-state index in [0.717, 1.165) is 52.8 Å². The summed E-state index contributed by atoms with van der Waals surface area (Å²) in [6, 6.07) is 14.0. The minimum Gasteiger partial charge on any atom is -0.489 e. The first kappa shape index (κ1) is 26.3. The number of benzene rings is 2. The molecule has 0 aliphatic carbocycles. The number of alkyl halides is 1. The van der Waals surface area contributed by atoms with Gasteiger partial charge in [-0.05, 0) is 35.9 Å². The zero-order chi connectivity index (χ0) is 26.9. The van der Waals surface area contributed by atoms with Gasteiger partial charge >= 0.3 is 0 Å². The number of hydrogen-bond acceptors (Lipinski definition) is 7. The van der Waals surface area contributed by atoms with Crippen LogP contribution in [0, 0.1) is 11.3 Å². The molecule has 4 aromatic rings. The maximum atomic E-state index is 11.5. The van der Waals surface area contributed by atoms with Gasteiger partial charge in [-0.3, -0.25) is 9.62 Å². The zero-order valence-corrected chi connectivity index (χ0v) is 22.8. The van der Waals surface area contributed by atoms with Crippen molar-refractivity contribution in [2.75, 3.05) is 30.0 Å². The van der Waals surface area contributed by atoms with E-state index < -0.39 is 10.0 Å². The van der Waals surface area contributed by atoms with E-state index >= 15 is 0 Å². The lowest BCUT2D eigenvalue weighted by Gasteiger charge is -2.28. The first-order valence-corrected chi connectivity index (χ1v) is 14.6. The number of nitriles is 1. The second-order valence-corrected chi connectivity index (χ2v) is 11.6. The van der Waals surface area contributed by atoms with Crippen molar-refractivity contribution in [1.82, 2.24) is 19.4 Å². The summed E-state index contributed by atoms with van der Waals surface area (Å²) >= 11 is 12.2. The molecular formula is C26H24Cl2N6O3S. The summed E-state index contributed by atoms with van der Waals surface area (Å²) in [6.07, 6.45) is 5.44. The highest BCUT2D eigenvalue weighted by Gasteiger charge is 2.20. The lowest BCUT2D eigenvalue weighted by molar-refractivity contribution is 0.243. The van der Waals surface area contributed by atoms with E-state index in [4.69, 9.17) is 27.9 Å². The molecule has 1 aliphatic heterocycles. The molecule has 12 heteroatoms. The third-order valence-electron chi connectivity index (χ3n) is 6.20. The van der Waals surface area contributed by atoms with Crippen molar-refractivity contribution >= 4 is 50.1 Å². The Labute approximate surface area is 230 Å². The van der Waals surface area contributed by atoms with Gasteiger partial charge < -0.3 is 9.30 Å². The predicted octanol–water partition coefficient (Wildman–Crippen LogP) is 4.49. The van der Waals surface area contributed by atoms with Gasteiger partial charge in [-0.2, -0.15) is 5.26 Å². The number of nitrogens with zero attached hydrogens (tertiary/aromatic N) is 5. The zero-order valence-electron chi connectivity index (χ0n) is 20.5. The summed E-state index contributed by atoms with van der Waals surface area (Å²) in [6.45, 7) is 2.50. The molecule has 0 radical (unpaired) electrons. The van der Waals surface area contributed by atoms with Crippen LogP contribution in [-0.2, 0) is 29.5 Å². The van der Waals surface area contributed by atoms with Crippen molar-refractivity contribution < 1.29 is 13.2 Å². The summed E-state index contributed by atoms with van der Waals surface area (Å²) in [5.74, 6) is 0.749. The Bertz CT molecular complexity index is 1670. The Morgan fingerprint density at radius 1 is 1.24 bits per heavy atom. The van der Waals surface area contributed by atoms with Crippen LogP contribution in [0.1, 0.15) is 22.4 Å². The Balaban J connectivity index is 1.33. The van der Waals surface area contributed by atoms with Crippen LogP contribution in [0.25, 0.3) is 16.6 Å². The van der Waals surface area contributed by atoms with Gasteiger partial charge in [0.15, 0.2) is 5.75 Å². The summed E-state index contributed by atoms with van der Waals surface area (Å²) < 4.78 is 32.8. The summed E-state index contributed by atoms with van der Waals surface area (Å²) in [7, 11) is -3.42. The normalized spacial score (nSPS) is 13.7. The minimum absolute atomic E-state index is 0.107. The number of nitrogens with one attached hydrogen (secondary N) is 1. The van der Waals surface area contributed by atoms with Gasteiger partial charge in [0.05, 0.1) is 33.9 Å². The van der Waals surface area contributed by atoms with E-state index in [-0.39, 0.29) is 12.6 Å². The molecule has 0 atom stereocenters. The molecule has 38 heavy (non-hydrogen) atoms. The summed E-state index contributed by atoms with van der Waals surface area (Å²) in [5.41, 5.74) is 5.13. The van der Waals surface area contributed by atoms with Crippen LogP contribution < -0.4 is 9.46 Å². The third kappa shape index (κ3) is 5.71. The van der Waals surface area contributed by atoms with Gasteiger partial charge in [-0.1, -0.05) is 17.7 Å². The predicted molar refractivity (Wildman–Crippen MR) is 148 cm³/mol. The van der Waals surface area contributed by atoms with Crippen molar-refractivity contribution in [3.05, 3.63) is 76.2 Å². The molecule has 5 rings (SSSR count). The van der Waals surface area contributed by atoms with Gasteiger partial charge in [-0.25, -0.2) is 18.4 Å². The number of sulfonamides is 1. The molecule has 2 aromatic heterocycles. The van der Waals surface area contributed by atoms with Gasteiger partial charge in [-0.15, -0.1) is 11.6 Å². The van der Waals surface area contributed by atoms with Crippen molar-refractivity contribution in [1.29, 1.82) is 5.26 Å². The first-order chi connectivity index (χ1) is 18.2. The van der Waals surface area contributed by atoms with E-state index in [9.17, 15) is 13.7 Å². The van der Waals surface area contributed by atoms with Crippen LogP contribution >= 0.6 is 23.2 Å². The second-order valence-electron chi connectivity index (χ2n) is 9.03. The largest absolute Gasteiger partial charge is 0.489 e. The Morgan fingerprint density at radius 2 is 2.08 bits per heavy atom. The molecule has 0 spiro atoms. The van der Waals surface area contributed by atoms with Crippen LogP contribution in [0.3, 0.4) is 0 Å². The Kier molecular flexibility index (Phi) is 7.45. The Morgan fingerprint density at radius 3 is 2.84 bits per heavy atom. The first-order valence-electron chi connectivity index (χ1n) is 11.8. The fourth-order valence-electron chi connectivity index (χ4n) is 4.59. The quantitative estimate of drug-likeness (QED) is 0.310. The number of fused-ring (bicyclic) bond motifs is 2. The lowest BCUT2D eigenvalue weighted by atomic mass is 10.1. The van der Waals surface area contributed by atoms with Crippen molar-refractivity contribution in [3.8, 4) is 17.5 Å². The third-order valence-corrected chi connectivity index (χ3v) is 7.19. The van der Waals surface area contributed by atoms with Crippen molar-refractivity contribution in [2.24, 2.45) is 0 Å². The van der Waals surface area contributed by atoms with Crippen molar-refractivity contribution in [3.63, 3.8) is 0 Å². The number of rotatable bonds is 8. The molecule has 0 fully saturated rings. The molecule has 0 saturated heterocycles. The SMILES string of the molecule is CS(=O)(=O)Nc1ncc2c(n1)CCN(Cc1ccc3c(ccn3-c3cc(Cl)c(OCCCl)c(C#N)c3)c1)C2. The molecule has 0 saturated carbocycles. The fourth-order valence-corrected chi connectivity index (χ4v) is 5.36. The molecule has 3 heterocycles. The molecule has 0 bridgehead atoms. The number of anilines is 1. The molecule has 1 N–H and O–H groups in total.